The highest BCUT2D eigenvalue weighted by Crippen LogP contribution is 2.17. The number of furan rings is 1. The van der Waals surface area contributed by atoms with Crippen molar-refractivity contribution in [2.75, 3.05) is 19.8 Å². The quantitative estimate of drug-likeness (QED) is 0.859. The third-order valence-electron chi connectivity index (χ3n) is 3.33. The number of carboxylic acids is 1. The minimum Gasteiger partial charge on any atom is -0.481 e. The van der Waals surface area contributed by atoms with E-state index in [1.165, 1.54) is 0 Å². The zero-order chi connectivity index (χ0) is 13.0. The minimum atomic E-state index is -0.777. The van der Waals surface area contributed by atoms with Gasteiger partial charge < -0.3 is 14.3 Å². The normalized spacial score (nSPS) is 22.8. The van der Waals surface area contributed by atoms with Crippen LogP contribution in [0.4, 0.5) is 0 Å². The SMILES string of the molecule is CC(Cc1ccco1)N1CCOCC1CC(=O)O. The van der Waals surface area contributed by atoms with Crippen molar-refractivity contribution in [2.24, 2.45) is 0 Å². The fourth-order valence-corrected chi connectivity index (χ4v) is 2.46. The van der Waals surface area contributed by atoms with Gasteiger partial charge in [0.15, 0.2) is 0 Å². The Labute approximate surface area is 106 Å². The maximum atomic E-state index is 10.9. The van der Waals surface area contributed by atoms with E-state index in [0.29, 0.717) is 13.2 Å². The van der Waals surface area contributed by atoms with E-state index in [9.17, 15) is 4.79 Å². The van der Waals surface area contributed by atoms with Gasteiger partial charge in [0.2, 0.25) is 0 Å². The number of carbonyl (C=O) groups is 1. The molecule has 0 amide bonds. The predicted octanol–water partition coefficient (Wildman–Crippen LogP) is 1.39. The van der Waals surface area contributed by atoms with Gasteiger partial charge in [0.25, 0.3) is 0 Å². The van der Waals surface area contributed by atoms with Gasteiger partial charge in [-0.3, -0.25) is 9.69 Å². The Morgan fingerprint density at radius 1 is 1.67 bits per heavy atom. The van der Waals surface area contributed by atoms with Crippen LogP contribution < -0.4 is 0 Å². The zero-order valence-corrected chi connectivity index (χ0v) is 10.5. The molecule has 5 nitrogen and oxygen atoms in total. The van der Waals surface area contributed by atoms with Crippen molar-refractivity contribution < 1.29 is 19.1 Å². The average Bonchev–Trinajstić information content (AvgIpc) is 2.81. The fourth-order valence-electron chi connectivity index (χ4n) is 2.46. The predicted molar refractivity (Wildman–Crippen MR) is 65.4 cm³/mol. The number of rotatable bonds is 5. The molecule has 0 saturated carbocycles. The third kappa shape index (κ3) is 3.34. The number of nitrogens with zero attached hydrogens (tertiary/aromatic N) is 1. The van der Waals surface area contributed by atoms with E-state index in [-0.39, 0.29) is 18.5 Å². The molecule has 5 heteroatoms. The second-order valence-electron chi connectivity index (χ2n) is 4.70. The van der Waals surface area contributed by atoms with Gasteiger partial charge in [-0.15, -0.1) is 0 Å². The maximum absolute atomic E-state index is 10.9. The smallest absolute Gasteiger partial charge is 0.305 e. The molecular weight excluding hydrogens is 234 g/mol. The van der Waals surface area contributed by atoms with Gasteiger partial charge >= 0.3 is 5.97 Å². The molecule has 0 spiro atoms. The summed E-state index contributed by atoms with van der Waals surface area (Å²) in [5.41, 5.74) is 0. The summed E-state index contributed by atoms with van der Waals surface area (Å²) in [5.74, 6) is 0.156. The highest BCUT2D eigenvalue weighted by molar-refractivity contribution is 5.67. The van der Waals surface area contributed by atoms with Crippen LogP contribution in [-0.4, -0.2) is 47.8 Å². The van der Waals surface area contributed by atoms with Gasteiger partial charge in [0.05, 0.1) is 25.9 Å². The van der Waals surface area contributed by atoms with Gasteiger partial charge in [0, 0.05) is 25.0 Å². The number of morpholine rings is 1. The molecule has 0 bridgehead atoms. The van der Waals surface area contributed by atoms with Crippen LogP contribution in [0.5, 0.6) is 0 Å². The molecule has 100 valence electrons. The first-order chi connectivity index (χ1) is 8.66. The van der Waals surface area contributed by atoms with Crippen LogP contribution in [0.3, 0.4) is 0 Å². The molecule has 1 N–H and O–H groups in total. The lowest BCUT2D eigenvalue weighted by atomic mass is 10.1. The van der Waals surface area contributed by atoms with Crippen molar-refractivity contribution in [3.63, 3.8) is 0 Å². The second kappa shape index (κ2) is 6.02. The van der Waals surface area contributed by atoms with Gasteiger partial charge in [-0.1, -0.05) is 0 Å². The topological polar surface area (TPSA) is 62.9 Å². The van der Waals surface area contributed by atoms with E-state index in [0.717, 1.165) is 18.7 Å². The molecule has 2 heterocycles. The Hall–Kier alpha value is -1.33. The first kappa shape index (κ1) is 13.1. The summed E-state index contributed by atoms with van der Waals surface area (Å²) >= 11 is 0. The van der Waals surface area contributed by atoms with Crippen LogP contribution in [0.25, 0.3) is 0 Å². The number of hydrogen-bond acceptors (Lipinski definition) is 4. The van der Waals surface area contributed by atoms with Crippen LogP contribution in [0, 0.1) is 0 Å². The highest BCUT2D eigenvalue weighted by atomic mass is 16.5. The van der Waals surface area contributed by atoms with Gasteiger partial charge in [-0.05, 0) is 19.1 Å². The maximum Gasteiger partial charge on any atom is 0.305 e. The molecule has 1 aliphatic heterocycles. The van der Waals surface area contributed by atoms with Crippen LogP contribution in [-0.2, 0) is 16.0 Å². The van der Waals surface area contributed by atoms with Crippen molar-refractivity contribution in [3.8, 4) is 0 Å². The lowest BCUT2D eigenvalue weighted by molar-refractivity contribution is -0.140. The summed E-state index contributed by atoms with van der Waals surface area (Å²) in [6.07, 6.45) is 2.59. The standard InChI is InChI=1S/C13H19NO4/c1-10(7-12-3-2-5-18-12)14-4-6-17-9-11(14)8-13(15)16/h2-3,5,10-11H,4,6-9H2,1H3,(H,15,16). The summed E-state index contributed by atoms with van der Waals surface area (Å²) < 4.78 is 10.7. The molecule has 18 heavy (non-hydrogen) atoms. The summed E-state index contributed by atoms with van der Waals surface area (Å²) in [5, 5.41) is 8.92. The number of ether oxygens (including phenoxy) is 1. The first-order valence-corrected chi connectivity index (χ1v) is 6.24. The lowest BCUT2D eigenvalue weighted by Crippen LogP contribution is -2.51. The Morgan fingerprint density at radius 2 is 2.50 bits per heavy atom. The summed E-state index contributed by atoms with van der Waals surface area (Å²) in [4.78, 5) is 13.1. The van der Waals surface area contributed by atoms with Crippen molar-refractivity contribution in [1.29, 1.82) is 0 Å². The van der Waals surface area contributed by atoms with Crippen molar-refractivity contribution in [1.82, 2.24) is 4.90 Å². The number of hydrogen-bond donors (Lipinski definition) is 1. The number of aliphatic carboxylic acids is 1. The Bertz CT molecular complexity index is 376. The minimum absolute atomic E-state index is 0.0405. The molecule has 0 aromatic carbocycles. The van der Waals surface area contributed by atoms with Gasteiger partial charge in [0.1, 0.15) is 5.76 Å². The third-order valence-corrected chi connectivity index (χ3v) is 3.33. The molecule has 1 aromatic heterocycles. The lowest BCUT2D eigenvalue weighted by Gasteiger charge is -2.38. The summed E-state index contributed by atoms with van der Waals surface area (Å²) in [6.45, 7) is 4.04. The van der Waals surface area contributed by atoms with Gasteiger partial charge in [-0.2, -0.15) is 0 Å². The molecule has 1 saturated heterocycles. The molecule has 0 radical (unpaired) electrons. The number of carboxylic acid groups (broad SMARTS) is 1. The van der Waals surface area contributed by atoms with E-state index in [2.05, 4.69) is 11.8 Å². The molecule has 1 fully saturated rings. The summed E-state index contributed by atoms with van der Waals surface area (Å²) in [7, 11) is 0. The molecule has 1 aliphatic rings. The average molecular weight is 253 g/mol. The Morgan fingerprint density at radius 3 is 3.17 bits per heavy atom. The largest absolute Gasteiger partial charge is 0.481 e. The van der Waals surface area contributed by atoms with E-state index in [1.54, 1.807) is 6.26 Å². The molecule has 2 rings (SSSR count). The van der Waals surface area contributed by atoms with E-state index >= 15 is 0 Å². The van der Waals surface area contributed by atoms with Crippen LogP contribution in [0.1, 0.15) is 19.1 Å². The van der Waals surface area contributed by atoms with E-state index in [4.69, 9.17) is 14.3 Å². The monoisotopic (exact) mass is 253 g/mol. The zero-order valence-electron chi connectivity index (χ0n) is 10.5. The van der Waals surface area contributed by atoms with Crippen LogP contribution in [0.15, 0.2) is 22.8 Å². The molecule has 2 unspecified atom stereocenters. The van der Waals surface area contributed by atoms with Crippen molar-refractivity contribution in [3.05, 3.63) is 24.2 Å². The van der Waals surface area contributed by atoms with Crippen LogP contribution in [0.2, 0.25) is 0 Å². The highest BCUT2D eigenvalue weighted by Gasteiger charge is 2.29. The van der Waals surface area contributed by atoms with E-state index < -0.39 is 5.97 Å². The molecular formula is C13H19NO4. The molecule has 0 aliphatic carbocycles. The fraction of sp³-hybridized carbons (Fsp3) is 0.615. The molecule has 2 atom stereocenters. The van der Waals surface area contributed by atoms with Crippen molar-refractivity contribution >= 4 is 5.97 Å². The first-order valence-electron chi connectivity index (χ1n) is 6.24. The Balaban J connectivity index is 1.96. The molecule has 1 aromatic rings. The summed E-state index contributed by atoms with van der Waals surface area (Å²) in [6, 6.07) is 4.03. The van der Waals surface area contributed by atoms with Crippen LogP contribution >= 0.6 is 0 Å². The second-order valence-corrected chi connectivity index (χ2v) is 4.70. The van der Waals surface area contributed by atoms with Crippen molar-refractivity contribution in [2.45, 2.75) is 31.8 Å². The van der Waals surface area contributed by atoms with Gasteiger partial charge in [-0.25, -0.2) is 0 Å². The van der Waals surface area contributed by atoms with E-state index in [1.807, 2.05) is 12.1 Å². The Kier molecular flexibility index (Phi) is 4.38.